The van der Waals surface area contributed by atoms with Crippen molar-refractivity contribution in [3.05, 3.63) is 124 Å². The standard InChI is InChI=1S/C34H32N4O4S/c1-33(41-19-26-15-9-4-10-16-26)30(40-18-25-13-7-3-8-14-25)28(20-39-17-24-11-5-2-6-12-24)42-34(33,22-35)31-29-27(21-43-31)32(36)38-23-37-29/h2-16,21,23,28,30H,17-20H2,1H3,(H2,36,37,38)/t28-,30-,33-,34+/m1/s1. The van der Waals surface area contributed by atoms with E-state index >= 15 is 0 Å². The van der Waals surface area contributed by atoms with Crippen LogP contribution in [0.3, 0.4) is 0 Å². The van der Waals surface area contributed by atoms with Crippen molar-refractivity contribution in [3.8, 4) is 6.07 Å². The molecular formula is C34H32N4O4S. The maximum absolute atomic E-state index is 11.1. The normalized spacial score (nSPS) is 23.3. The van der Waals surface area contributed by atoms with E-state index < -0.39 is 23.4 Å². The summed E-state index contributed by atoms with van der Waals surface area (Å²) in [5.74, 6) is 0.338. The molecule has 8 nitrogen and oxygen atoms in total. The van der Waals surface area contributed by atoms with Crippen molar-refractivity contribution >= 4 is 28.1 Å². The van der Waals surface area contributed by atoms with E-state index in [0.717, 1.165) is 16.7 Å². The monoisotopic (exact) mass is 592 g/mol. The average Bonchev–Trinajstić information content (AvgIpc) is 3.59. The zero-order valence-corrected chi connectivity index (χ0v) is 24.6. The smallest absolute Gasteiger partial charge is 0.222 e. The van der Waals surface area contributed by atoms with Gasteiger partial charge in [0, 0.05) is 5.38 Å². The van der Waals surface area contributed by atoms with Gasteiger partial charge in [0.2, 0.25) is 5.60 Å². The number of fused-ring (bicyclic) bond motifs is 1. The number of benzene rings is 3. The summed E-state index contributed by atoms with van der Waals surface area (Å²) >= 11 is 1.35. The third-order valence-corrected chi connectivity index (χ3v) is 8.93. The van der Waals surface area contributed by atoms with E-state index in [2.05, 4.69) is 16.0 Å². The molecule has 0 radical (unpaired) electrons. The molecule has 3 heterocycles. The second-order valence-electron chi connectivity index (χ2n) is 10.6. The molecule has 0 bridgehead atoms. The maximum atomic E-state index is 11.1. The Morgan fingerprint density at radius 1 is 0.884 bits per heavy atom. The minimum atomic E-state index is -1.59. The van der Waals surface area contributed by atoms with Crippen LogP contribution in [0.25, 0.3) is 10.9 Å². The average molecular weight is 593 g/mol. The first-order valence-corrected chi connectivity index (χ1v) is 14.9. The van der Waals surface area contributed by atoms with Gasteiger partial charge in [0.15, 0.2) is 0 Å². The largest absolute Gasteiger partial charge is 0.383 e. The van der Waals surface area contributed by atoms with Gasteiger partial charge in [0.1, 0.15) is 36.0 Å². The van der Waals surface area contributed by atoms with Crippen molar-refractivity contribution in [1.82, 2.24) is 9.97 Å². The lowest BCUT2D eigenvalue weighted by atomic mass is 9.80. The van der Waals surface area contributed by atoms with Gasteiger partial charge in [-0.2, -0.15) is 5.26 Å². The molecule has 0 aliphatic carbocycles. The number of aromatic nitrogens is 2. The molecule has 6 rings (SSSR count). The summed E-state index contributed by atoms with van der Waals surface area (Å²) in [6.07, 6.45) is 0.0901. The fraction of sp³-hybridized carbons (Fsp3) is 0.265. The fourth-order valence-electron chi connectivity index (χ4n) is 5.56. The van der Waals surface area contributed by atoms with Crippen LogP contribution in [0.1, 0.15) is 28.5 Å². The Kier molecular flexibility index (Phi) is 8.47. The molecule has 1 aliphatic heterocycles. The maximum Gasteiger partial charge on any atom is 0.222 e. The quantitative estimate of drug-likeness (QED) is 0.194. The molecule has 0 amide bonds. The van der Waals surface area contributed by atoms with Crippen molar-refractivity contribution in [3.63, 3.8) is 0 Å². The van der Waals surface area contributed by atoms with Crippen LogP contribution >= 0.6 is 11.3 Å². The predicted octanol–water partition coefficient (Wildman–Crippen LogP) is 6.17. The van der Waals surface area contributed by atoms with Crippen molar-refractivity contribution < 1.29 is 18.9 Å². The number of rotatable bonds is 11. The van der Waals surface area contributed by atoms with Crippen LogP contribution in [0.4, 0.5) is 5.82 Å². The van der Waals surface area contributed by atoms with Gasteiger partial charge in [-0.05, 0) is 23.6 Å². The van der Waals surface area contributed by atoms with E-state index in [4.69, 9.17) is 24.7 Å². The van der Waals surface area contributed by atoms with E-state index in [1.807, 2.05) is 103 Å². The summed E-state index contributed by atoms with van der Waals surface area (Å²) in [6.45, 7) is 3.01. The van der Waals surface area contributed by atoms with Gasteiger partial charge in [-0.1, -0.05) is 91.0 Å². The van der Waals surface area contributed by atoms with Crippen molar-refractivity contribution in [2.75, 3.05) is 12.3 Å². The van der Waals surface area contributed by atoms with Gasteiger partial charge in [0.25, 0.3) is 0 Å². The lowest BCUT2D eigenvalue weighted by Crippen LogP contribution is -2.54. The highest BCUT2D eigenvalue weighted by molar-refractivity contribution is 7.11. The highest BCUT2D eigenvalue weighted by Crippen LogP contribution is 2.54. The Bertz CT molecular complexity index is 1700. The first kappa shape index (κ1) is 28.9. The minimum absolute atomic E-state index is 0.183. The van der Waals surface area contributed by atoms with Crippen molar-refractivity contribution in [2.24, 2.45) is 0 Å². The molecule has 1 saturated heterocycles. The van der Waals surface area contributed by atoms with Gasteiger partial charge >= 0.3 is 0 Å². The molecule has 2 N–H and O–H groups in total. The molecule has 0 spiro atoms. The van der Waals surface area contributed by atoms with E-state index in [0.29, 0.717) is 34.8 Å². The zero-order valence-electron chi connectivity index (χ0n) is 23.8. The van der Waals surface area contributed by atoms with Crippen LogP contribution < -0.4 is 5.73 Å². The molecule has 0 unspecified atom stereocenters. The van der Waals surface area contributed by atoms with Crippen molar-refractivity contribution in [1.29, 1.82) is 5.26 Å². The van der Waals surface area contributed by atoms with Crippen molar-refractivity contribution in [2.45, 2.75) is 50.2 Å². The van der Waals surface area contributed by atoms with Gasteiger partial charge in [-0.15, -0.1) is 11.3 Å². The van der Waals surface area contributed by atoms with E-state index in [9.17, 15) is 5.26 Å². The number of anilines is 1. The van der Waals surface area contributed by atoms with Crippen LogP contribution in [0, 0.1) is 11.3 Å². The minimum Gasteiger partial charge on any atom is -0.383 e. The number of nitrogens with zero attached hydrogens (tertiary/aromatic N) is 3. The summed E-state index contributed by atoms with van der Waals surface area (Å²) in [5, 5.41) is 13.6. The first-order valence-electron chi connectivity index (χ1n) is 14.1. The van der Waals surface area contributed by atoms with Crippen LogP contribution in [-0.2, 0) is 44.4 Å². The molecule has 43 heavy (non-hydrogen) atoms. The van der Waals surface area contributed by atoms with Gasteiger partial charge in [-0.3, -0.25) is 0 Å². The summed E-state index contributed by atoms with van der Waals surface area (Å²) in [6, 6.07) is 32.2. The topological polar surface area (TPSA) is 113 Å². The fourth-order valence-corrected chi connectivity index (χ4v) is 6.77. The molecule has 0 saturated carbocycles. The Hall–Kier alpha value is -4.17. The molecule has 2 aromatic heterocycles. The lowest BCUT2D eigenvalue weighted by Gasteiger charge is -2.39. The van der Waals surface area contributed by atoms with Gasteiger partial charge in [-0.25, -0.2) is 9.97 Å². The predicted molar refractivity (Wildman–Crippen MR) is 165 cm³/mol. The second kappa shape index (κ2) is 12.6. The molecule has 3 aromatic carbocycles. The number of ether oxygens (including phenoxy) is 4. The molecule has 9 heteroatoms. The number of hydrogen-bond donors (Lipinski definition) is 1. The first-order chi connectivity index (χ1) is 21.0. The number of hydrogen-bond acceptors (Lipinski definition) is 9. The Balaban J connectivity index is 1.41. The van der Waals surface area contributed by atoms with Gasteiger partial charge < -0.3 is 24.7 Å². The molecule has 1 fully saturated rings. The molecular weight excluding hydrogens is 560 g/mol. The molecule has 1 aliphatic rings. The van der Waals surface area contributed by atoms with Crippen LogP contribution in [-0.4, -0.2) is 34.4 Å². The van der Waals surface area contributed by atoms with E-state index in [1.165, 1.54) is 17.7 Å². The summed E-state index contributed by atoms with van der Waals surface area (Å²) in [5.41, 5.74) is 6.89. The Morgan fingerprint density at radius 3 is 2.12 bits per heavy atom. The second-order valence-corrected chi connectivity index (χ2v) is 11.5. The van der Waals surface area contributed by atoms with Gasteiger partial charge in [0.05, 0.1) is 42.2 Å². The molecule has 4 atom stereocenters. The number of thiophene rings is 1. The third-order valence-electron chi connectivity index (χ3n) is 7.86. The number of nitrogens with two attached hydrogens (primary N) is 1. The Morgan fingerprint density at radius 2 is 1.49 bits per heavy atom. The summed E-state index contributed by atoms with van der Waals surface area (Å²) in [7, 11) is 0. The molecule has 218 valence electrons. The SMILES string of the molecule is C[C@@]1(OCc2ccccc2)[C@H](OCc2ccccc2)[C@@H](COCc2ccccc2)O[C@@]1(C#N)c1scc2c(N)ncnc12. The van der Waals surface area contributed by atoms with E-state index in [1.54, 1.807) is 0 Å². The lowest BCUT2D eigenvalue weighted by molar-refractivity contribution is -0.165. The van der Waals surface area contributed by atoms with Crippen LogP contribution in [0.15, 0.2) is 103 Å². The van der Waals surface area contributed by atoms with Crippen LogP contribution in [0.2, 0.25) is 0 Å². The summed E-state index contributed by atoms with van der Waals surface area (Å²) < 4.78 is 26.5. The van der Waals surface area contributed by atoms with E-state index in [-0.39, 0.29) is 13.2 Å². The zero-order chi connectivity index (χ0) is 29.7. The Labute approximate surface area is 254 Å². The molecule has 5 aromatic rings. The van der Waals surface area contributed by atoms with Crippen LogP contribution in [0.5, 0.6) is 0 Å². The highest BCUT2D eigenvalue weighted by Gasteiger charge is 2.68. The number of nitriles is 1. The highest BCUT2D eigenvalue weighted by atomic mass is 32.1. The summed E-state index contributed by atoms with van der Waals surface area (Å²) in [4.78, 5) is 9.26. The number of nitrogen functional groups attached to an aromatic ring is 1. The third kappa shape index (κ3) is 5.64.